The normalized spacial score (nSPS) is 23.0. The second kappa shape index (κ2) is 5.59. The molecule has 2 rings (SSSR count). The second-order valence-electron chi connectivity index (χ2n) is 4.50. The summed E-state index contributed by atoms with van der Waals surface area (Å²) in [6, 6.07) is 4.53. The van der Waals surface area contributed by atoms with E-state index in [0.717, 1.165) is 19.3 Å². The predicted octanol–water partition coefficient (Wildman–Crippen LogP) is 2.34. The number of hydrogen-bond donors (Lipinski definition) is 2. The zero-order valence-corrected chi connectivity index (χ0v) is 10.9. The topological polar surface area (TPSA) is 58.6 Å². The summed E-state index contributed by atoms with van der Waals surface area (Å²) in [5, 5.41) is 13.0. The Labute approximate surface area is 111 Å². The van der Waals surface area contributed by atoms with E-state index in [4.69, 9.17) is 16.3 Å². The van der Waals surface area contributed by atoms with Crippen LogP contribution in [0.25, 0.3) is 0 Å². The van der Waals surface area contributed by atoms with Crippen LogP contribution in [0.15, 0.2) is 18.2 Å². The van der Waals surface area contributed by atoms with Crippen LogP contribution in [-0.2, 0) is 4.74 Å². The number of hydrogen-bond acceptors (Lipinski definition) is 3. The average molecular weight is 270 g/mol. The van der Waals surface area contributed by atoms with Crippen molar-refractivity contribution in [3.8, 4) is 5.75 Å². The maximum Gasteiger partial charge on any atom is 0.255 e. The molecule has 1 aromatic carbocycles. The number of amides is 1. The average Bonchev–Trinajstić information content (AvgIpc) is 2.80. The lowest BCUT2D eigenvalue weighted by atomic mass is 10.1. The molecule has 2 N–H and O–H groups in total. The number of carbonyl (C=O) groups is 1. The molecule has 1 amide bonds. The Morgan fingerprint density at radius 1 is 1.50 bits per heavy atom. The first-order valence-electron chi connectivity index (χ1n) is 5.92. The first-order valence-corrected chi connectivity index (χ1v) is 6.30. The monoisotopic (exact) mass is 269 g/mol. The molecule has 18 heavy (non-hydrogen) atoms. The highest BCUT2D eigenvalue weighted by atomic mass is 35.5. The summed E-state index contributed by atoms with van der Waals surface area (Å²) >= 11 is 5.81. The van der Waals surface area contributed by atoms with Gasteiger partial charge in [-0.2, -0.15) is 0 Å². The highest BCUT2D eigenvalue weighted by molar-refractivity contribution is 6.31. The minimum absolute atomic E-state index is 0.0572. The molecule has 0 aromatic heterocycles. The van der Waals surface area contributed by atoms with Crippen LogP contribution in [0.3, 0.4) is 0 Å². The number of halogens is 1. The van der Waals surface area contributed by atoms with Crippen molar-refractivity contribution in [2.45, 2.75) is 31.4 Å². The van der Waals surface area contributed by atoms with E-state index in [1.165, 1.54) is 12.1 Å². The molecular weight excluding hydrogens is 254 g/mol. The largest absolute Gasteiger partial charge is 0.507 e. The Balaban J connectivity index is 2.02. The van der Waals surface area contributed by atoms with Gasteiger partial charge in [0.05, 0.1) is 11.7 Å². The van der Waals surface area contributed by atoms with E-state index in [9.17, 15) is 9.90 Å². The number of benzene rings is 1. The maximum atomic E-state index is 12.0. The van der Waals surface area contributed by atoms with Crippen LogP contribution in [-0.4, -0.2) is 30.3 Å². The van der Waals surface area contributed by atoms with Gasteiger partial charge in [0.1, 0.15) is 5.75 Å². The zero-order valence-electron chi connectivity index (χ0n) is 10.1. The van der Waals surface area contributed by atoms with Gasteiger partial charge >= 0.3 is 0 Å². The molecule has 0 heterocycles. The molecule has 2 atom stereocenters. The Bertz CT molecular complexity index is 450. The maximum absolute atomic E-state index is 12.0. The van der Waals surface area contributed by atoms with E-state index < -0.39 is 0 Å². The van der Waals surface area contributed by atoms with Crippen molar-refractivity contribution in [1.82, 2.24) is 5.32 Å². The van der Waals surface area contributed by atoms with Gasteiger partial charge in [-0.25, -0.2) is 0 Å². The summed E-state index contributed by atoms with van der Waals surface area (Å²) in [6.45, 7) is 0. The van der Waals surface area contributed by atoms with Gasteiger partial charge in [0, 0.05) is 18.2 Å². The van der Waals surface area contributed by atoms with Crippen LogP contribution in [0.1, 0.15) is 29.6 Å². The van der Waals surface area contributed by atoms with Gasteiger partial charge < -0.3 is 15.2 Å². The molecular formula is C13H16ClNO3. The third-order valence-electron chi connectivity index (χ3n) is 3.26. The summed E-state index contributed by atoms with van der Waals surface area (Å²) in [6.07, 6.45) is 2.86. The molecule has 2 unspecified atom stereocenters. The third-order valence-corrected chi connectivity index (χ3v) is 3.49. The zero-order chi connectivity index (χ0) is 13.1. The van der Waals surface area contributed by atoms with E-state index in [-0.39, 0.29) is 29.4 Å². The lowest BCUT2D eigenvalue weighted by Gasteiger charge is -2.13. The Hall–Kier alpha value is -1.26. The van der Waals surface area contributed by atoms with E-state index in [1.54, 1.807) is 13.2 Å². The number of methoxy groups -OCH3 is 1. The minimum atomic E-state index is -0.295. The smallest absolute Gasteiger partial charge is 0.255 e. The number of nitrogens with one attached hydrogen (secondary N) is 1. The minimum Gasteiger partial charge on any atom is -0.507 e. The van der Waals surface area contributed by atoms with Crippen LogP contribution in [0.5, 0.6) is 5.75 Å². The van der Waals surface area contributed by atoms with Gasteiger partial charge in [-0.15, -0.1) is 0 Å². The van der Waals surface area contributed by atoms with Crippen molar-refractivity contribution in [2.75, 3.05) is 7.11 Å². The molecule has 0 bridgehead atoms. The Morgan fingerprint density at radius 2 is 2.28 bits per heavy atom. The summed E-state index contributed by atoms with van der Waals surface area (Å²) in [4.78, 5) is 12.0. The van der Waals surface area contributed by atoms with E-state index >= 15 is 0 Å². The molecule has 1 aliphatic rings. The fraction of sp³-hybridized carbons (Fsp3) is 0.462. The SMILES string of the molecule is COC1CCC(NC(=O)c2cc(Cl)ccc2O)C1. The molecule has 5 heteroatoms. The molecule has 0 saturated heterocycles. The molecule has 1 aromatic rings. The summed E-state index contributed by atoms with van der Waals surface area (Å²) < 4.78 is 5.25. The Morgan fingerprint density at radius 3 is 2.94 bits per heavy atom. The molecule has 4 nitrogen and oxygen atoms in total. The lowest BCUT2D eigenvalue weighted by Crippen LogP contribution is -2.33. The van der Waals surface area contributed by atoms with Gasteiger partial charge in [-0.3, -0.25) is 4.79 Å². The van der Waals surface area contributed by atoms with E-state index in [0.29, 0.717) is 5.02 Å². The molecule has 1 fully saturated rings. The quantitative estimate of drug-likeness (QED) is 0.886. The molecule has 98 valence electrons. The van der Waals surface area contributed by atoms with Crippen LogP contribution in [0.2, 0.25) is 5.02 Å². The summed E-state index contributed by atoms with van der Waals surface area (Å²) in [7, 11) is 1.68. The van der Waals surface area contributed by atoms with Crippen molar-refractivity contribution >= 4 is 17.5 Å². The fourth-order valence-corrected chi connectivity index (χ4v) is 2.41. The molecule has 0 radical (unpaired) electrons. The second-order valence-corrected chi connectivity index (χ2v) is 4.94. The predicted molar refractivity (Wildman–Crippen MR) is 69.0 cm³/mol. The highest BCUT2D eigenvalue weighted by Gasteiger charge is 2.26. The Kier molecular flexibility index (Phi) is 4.09. The number of ether oxygens (including phenoxy) is 1. The van der Waals surface area contributed by atoms with Gasteiger partial charge in [0.15, 0.2) is 0 Å². The molecule has 0 aliphatic heterocycles. The van der Waals surface area contributed by atoms with E-state index in [1.807, 2.05) is 0 Å². The van der Waals surface area contributed by atoms with Crippen molar-refractivity contribution in [2.24, 2.45) is 0 Å². The summed E-state index contributed by atoms with van der Waals surface area (Å²) in [5.74, 6) is -0.352. The van der Waals surface area contributed by atoms with Crippen molar-refractivity contribution in [1.29, 1.82) is 0 Å². The van der Waals surface area contributed by atoms with Crippen LogP contribution in [0, 0.1) is 0 Å². The number of carbonyl (C=O) groups excluding carboxylic acids is 1. The molecule has 0 spiro atoms. The highest BCUT2D eigenvalue weighted by Crippen LogP contribution is 2.24. The number of phenolic OH excluding ortho intramolecular Hbond substituents is 1. The van der Waals surface area contributed by atoms with Gasteiger partial charge in [-0.1, -0.05) is 11.6 Å². The van der Waals surface area contributed by atoms with Crippen molar-refractivity contribution < 1.29 is 14.6 Å². The van der Waals surface area contributed by atoms with E-state index in [2.05, 4.69) is 5.32 Å². The van der Waals surface area contributed by atoms with Crippen LogP contribution >= 0.6 is 11.6 Å². The van der Waals surface area contributed by atoms with Crippen molar-refractivity contribution in [3.63, 3.8) is 0 Å². The number of phenols is 1. The summed E-state index contributed by atoms with van der Waals surface area (Å²) in [5.41, 5.74) is 0.211. The van der Waals surface area contributed by atoms with Gasteiger partial charge in [0.2, 0.25) is 0 Å². The van der Waals surface area contributed by atoms with Crippen LogP contribution < -0.4 is 5.32 Å². The lowest BCUT2D eigenvalue weighted by molar-refractivity contribution is 0.0912. The first-order chi connectivity index (χ1) is 8.60. The van der Waals surface area contributed by atoms with Crippen molar-refractivity contribution in [3.05, 3.63) is 28.8 Å². The third kappa shape index (κ3) is 2.94. The standard InChI is InChI=1S/C13H16ClNO3/c1-18-10-4-3-9(7-10)15-13(17)11-6-8(14)2-5-12(11)16/h2,5-6,9-10,16H,3-4,7H2,1H3,(H,15,17). The fourth-order valence-electron chi connectivity index (χ4n) is 2.24. The molecule has 1 saturated carbocycles. The van der Waals surface area contributed by atoms with Gasteiger partial charge in [0.25, 0.3) is 5.91 Å². The van der Waals surface area contributed by atoms with Crippen LogP contribution in [0.4, 0.5) is 0 Å². The molecule has 1 aliphatic carbocycles. The number of rotatable bonds is 3. The first kappa shape index (κ1) is 13.2. The van der Waals surface area contributed by atoms with Gasteiger partial charge in [-0.05, 0) is 37.5 Å². The number of aromatic hydroxyl groups is 1.